The van der Waals surface area contributed by atoms with Gasteiger partial charge in [0.1, 0.15) is 17.9 Å². The number of hydrogen-bond acceptors (Lipinski definition) is 4. The van der Waals surface area contributed by atoms with Crippen molar-refractivity contribution in [3.63, 3.8) is 0 Å². The fourth-order valence-corrected chi connectivity index (χ4v) is 2.97. The van der Waals surface area contributed by atoms with Gasteiger partial charge in [0.25, 0.3) is 0 Å². The summed E-state index contributed by atoms with van der Waals surface area (Å²) in [4.78, 5) is 36.5. The van der Waals surface area contributed by atoms with E-state index >= 15 is 0 Å². The van der Waals surface area contributed by atoms with Crippen LogP contribution in [0.4, 0.5) is 4.39 Å². The number of halogens is 1. The van der Waals surface area contributed by atoms with Crippen LogP contribution in [0.5, 0.6) is 0 Å². The summed E-state index contributed by atoms with van der Waals surface area (Å²) in [5.41, 5.74) is 1.58. The van der Waals surface area contributed by atoms with Gasteiger partial charge >= 0.3 is 5.97 Å². The van der Waals surface area contributed by atoms with Crippen molar-refractivity contribution >= 4 is 17.8 Å². The normalized spacial score (nSPS) is 12.5. The summed E-state index contributed by atoms with van der Waals surface area (Å²) in [6.45, 7) is 1.29. The minimum Gasteiger partial charge on any atom is -0.467 e. The Labute approximate surface area is 169 Å². The molecule has 2 N–H and O–H groups in total. The van der Waals surface area contributed by atoms with Gasteiger partial charge in [0.15, 0.2) is 0 Å². The standard InChI is InChI=1S/C22H25FN2O4/c1-15(26)24-20(14-17-9-6-10-18(23)13-17)21(27)25-19(22(28)29-2)12-11-16-7-4-3-5-8-16/h3-10,13,19-20H,11-12,14H2,1-2H3,(H,24,26)(H,25,27)/t19-,20-/m0/s1. The molecule has 2 atom stereocenters. The zero-order chi connectivity index (χ0) is 21.2. The number of amides is 2. The Morgan fingerprint density at radius 1 is 0.966 bits per heavy atom. The highest BCUT2D eigenvalue weighted by atomic mass is 19.1. The van der Waals surface area contributed by atoms with Gasteiger partial charge in [-0.2, -0.15) is 0 Å². The van der Waals surface area contributed by atoms with Gasteiger partial charge in [-0.15, -0.1) is 0 Å². The average molecular weight is 400 g/mol. The van der Waals surface area contributed by atoms with E-state index in [4.69, 9.17) is 4.74 Å². The third kappa shape index (κ3) is 7.37. The molecule has 2 amide bonds. The molecule has 0 spiro atoms. The van der Waals surface area contributed by atoms with Crippen molar-refractivity contribution in [3.05, 3.63) is 71.5 Å². The van der Waals surface area contributed by atoms with E-state index in [1.165, 1.54) is 32.2 Å². The molecule has 0 aromatic heterocycles. The maximum atomic E-state index is 13.5. The molecule has 0 radical (unpaired) electrons. The van der Waals surface area contributed by atoms with Crippen LogP contribution in [0.2, 0.25) is 0 Å². The minimum atomic E-state index is -0.946. The number of methoxy groups -OCH3 is 1. The topological polar surface area (TPSA) is 84.5 Å². The first-order valence-corrected chi connectivity index (χ1v) is 9.32. The Morgan fingerprint density at radius 3 is 2.28 bits per heavy atom. The lowest BCUT2D eigenvalue weighted by atomic mass is 10.0. The largest absolute Gasteiger partial charge is 0.467 e. The number of benzene rings is 2. The van der Waals surface area contributed by atoms with Crippen LogP contribution >= 0.6 is 0 Å². The number of esters is 1. The van der Waals surface area contributed by atoms with Crippen LogP contribution in [0.15, 0.2) is 54.6 Å². The average Bonchev–Trinajstić information content (AvgIpc) is 2.70. The first kappa shape index (κ1) is 22.1. The molecular formula is C22H25FN2O4. The molecule has 2 aromatic rings. The summed E-state index contributed by atoms with van der Waals surface area (Å²) in [6, 6.07) is 13.5. The molecule has 0 unspecified atom stereocenters. The molecule has 2 aromatic carbocycles. The SMILES string of the molecule is COC(=O)[C@H](CCc1ccccc1)NC(=O)[C@H](Cc1cccc(F)c1)NC(C)=O. The molecule has 0 heterocycles. The zero-order valence-electron chi connectivity index (χ0n) is 16.5. The molecule has 0 aliphatic carbocycles. The van der Waals surface area contributed by atoms with Crippen molar-refractivity contribution in [2.45, 2.75) is 38.3 Å². The lowest BCUT2D eigenvalue weighted by Gasteiger charge is -2.22. The fourth-order valence-electron chi connectivity index (χ4n) is 2.97. The predicted octanol–water partition coefficient (Wildman–Crippen LogP) is 2.16. The van der Waals surface area contributed by atoms with Crippen LogP contribution in [-0.4, -0.2) is 37.0 Å². The Hall–Kier alpha value is -3.22. The second kappa shape index (κ2) is 10.9. The van der Waals surface area contributed by atoms with Crippen LogP contribution in [0.1, 0.15) is 24.5 Å². The third-order valence-electron chi connectivity index (χ3n) is 4.39. The third-order valence-corrected chi connectivity index (χ3v) is 4.39. The van der Waals surface area contributed by atoms with E-state index in [9.17, 15) is 18.8 Å². The van der Waals surface area contributed by atoms with Gasteiger partial charge in [-0.05, 0) is 36.1 Å². The number of nitrogens with one attached hydrogen (secondary N) is 2. The van der Waals surface area contributed by atoms with E-state index in [2.05, 4.69) is 10.6 Å². The van der Waals surface area contributed by atoms with E-state index in [-0.39, 0.29) is 6.42 Å². The zero-order valence-corrected chi connectivity index (χ0v) is 16.5. The van der Waals surface area contributed by atoms with E-state index < -0.39 is 35.7 Å². The highest BCUT2D eigenvalue weighted by Crippen LogP contribution is 2.09. The molecule has 0 fully saturated rings. The quantitative estimate of drug-likeness (QED) is 0.632. The molecule has 29 heavy (non-hydrogen) atoms. The summed E-state index contributed by atoms with van der Waals surface area (Å²) in [5, 5.41) is 5.21. The number of hydrogen-bond donors (Lipinski definition) is 2. The van der Waals surface area contributed by atoms with Crippen molar-refractivity contribution in [1.29, 1.82) is 0 Å². The first-order valence-electron chi connectivity index (χ1n) is 9.32. The van der Waals surface area contributed by atoms with Gasteiger partial charge in [0.2, 0.25) is 11.8 Å². The lowest BCUT2D eigenvalue weighted by molar-refractivity contribution is -0.145. The Balaban J connectivity index is 2.09. The van der Waals surface area contributed by atoms with Crippen LogP contribution in [-0.2, 0) is 32.0 Å². The molecule has 7 heteroatoms. The number of ether oxygens (including phenoxy) is 1. The van der Waals surface area contributed by atoms with E-state index in [1.807, 2.05) is 30.3 Å². The van der Waals surface area contributed by atoms with E-state index in [0.717, 1.165) is 5.56 Å². The number of carbonyl (C=O) groups excluding carboxylic acids is 3. The molecule has 0 aliphatic heterocycles. The van der Waals surface area contributed by atoms with Crippen LogP contribution in [0.25, 0.3) is 0 Å². The monoisotopic (exact) mass is 400 g/mol. The van der Waals surface area contributed by atoms with Crippen LogP contribution in [0.3, 0.4) is 0 Å². The number of rotatable bonds is 9. The van der Waals surface area contributed by atoms with E-state index in [1.54, 1.807) is 6.07 Å². The van der Waals surface area contributed by atoms with Gasteiger partial charge in [0, 0.05) is 13.3 Å². The highest BCUT2D eigenvalue weighted by Gasteiger charge is 2.27. The van der Waals surface area contributed by atoms with Crippen LogP contribution < -0.4 is 10.6 Å². The maximum Gasteiger partial charge on any atom is 0.328 e. The molecule has 0 bridgehead atoms. The Kier molecular flexibility index (Phi) is 8.33. The fraction of sp³-hybridized carbons (Fsp3) is 0.318. The molecule has 0 saturated carbocycles. The summed E-state index contributed by atoms with van der Waals surface area (Å²) in [5.74, 6) is -1.94. The van der Waals surface area contributed by atoms with Crippen LogP contribution in [0, 0.1) is 5.82 Å². The summed E-state index contributed by atoms with van der Waals surface area (Å²) < 4.78 is 18.3. The van der Waals surface area contributed by atoms with Crippen molar-refractivity contribution in [3.8, 4) is 0 Å². The predicted molar refractivity (Wildman–Crippen MR) is 106 cm³/mol. The lowest BCUT2D eigenvalue weighted by Crippen LogP contribution is -2.52. The van der Waals surface area contributed by atoms with Crippen molar-refractivity contribution < 1.29 is 23.5 Å². The van der Waals surface area contributed by atoms with Crippen molar-refractivity contribution in [2.24, 2.45) is 0 Å². The van der Waals surface area contributed by atoms with Gasteiger partial charge < -0.3 is 15.4 Å². The molecule has 0 aliphatic rings. The minimum absolute atomic E-state index is 0.0930. The Morgan fingerprint density at radius 2 is 1.66 bits per heavy atom. The van der Waals surface area contributed by atoms with Gasteiger partial charge in [0.05, 0.1) is 7.11 Å². The second-order valence-corrected chi connectivity index (χ2v) is 6.70. The first-order chi connectivity index (χ1) is 13.9. The second-order valence-electron chi connectivity index (χ2n) is 6.70. The van der Waals surface area contributed by atoms with Crippen molar-refractivity contribution in [2.75, 3.05) is 7.11 Å². The summed E-state index contributed by atoms with van der Waals surface area (Å²) >= 11 is 0. The number of carbonyl (C=O) groups is 3. The van der Waals surface area contributed by atoms with Gasteiger partial charge in [-0.1, -0.05) is 42.5 Å². The smallest absolute Gasteiger partial charge is 0.328 e. The molecule has 6 nitrogen and oxygen atoms in total. The summed E-state index contributed by atoms with van der Waals surface area (Å²) in [6.07, 6.45) is 1.00. The molecule has 0 saturated heterocycles. The maximum absolute atomic E-state index is 13.5. The van der Waals surface area contributed by atoms with Gasteiger partial charge in [-0.25, -0.2) is 9.18 Å². The summed E-state index contributed by atoms with van der Waals surface area (Å²) in [7, 11) is 1.25. The van der Waals surface area contributed by atoms with E-state index in [0.29, 0.717) is 18.4 Å². The number of aryl methyl sites for hydroxylation is 1. The van der Waals surface area contributed by atoms with Gasteiger partial charge in [-0.3, -0.25) is 9.59 Å². The Bertz CT molecular complexity index is 842. The molecular weight excluding hydrogens is 375 g/mol. The highest BCUT2D eigenvalue weighted by molar-refractivity contribution is 5.90. The molecule has 154 valence electrons. The van der Waals surface area contributed by atoms with Crippen molar-refractivity contribution in [1.82, 2.24) is 10.6 Å². The molecule has 2 rings (SSSR count).